The molecule has 2 heteroatoms. The summed E-state index contributed by atoms with van der Waals surface area (Å²) in [6, 6.07) is 9.93. The van der Waals surface area contributed by atoms with E-state index in [1.807, 2.05) is 0 Å². The summed E-state index contributed by atoms with van der Waals surface area (Å²) in [5.41, 5.74) is 3.10. The molecule has 1 aliphatic rings. The Morgan fingerprint density at radius 1 is 1.20 bits per heavy atom. The zero-order valence-corrected chi connectivity index (χ0v) is 13.9. The number of nitrogens with zero attached hydrogens (tertiary/aromatic N) is 1. The maximum absolute atomic E-state index is 5.83. The quantitative estimate of drug-likeness (QED) is 0.693. The van der Waals surface area contributed by atoms with Gasteiger partial charge < -0.3 is 0 Å². The van der Waals surface area contributed by atoms with Crippen LogP contribution >= 0.6 is 11.6 Å². The number of rotatable bonds is 5. The Morgan fingerprint density at radius 2 is 1.90 bits per heavy atom. The molecule has 0 bridgehead atoms. The fourth-order valence-corrected chi connectivity index (χ4v) is 3.24. The van der Waals surface area contributed by atoms with Gasteiger partial charge in [0.15, 0.2) is 0 Å². The smallest absolute Gasteiger partial charge is 0.0236 e. The third-order valence-corrected chi connectivity index (χ3v) is 4.64. The van der Waals surface area contributed by atoms with Crippen molar-refractivity contribution in [3.63, 3.8) is 0 Å². The number of likely N-dealkylation sites (tertiary alicyclic amines) is 1. The van der Waals surface area contributed by atoms with Gasteiger partial charge in [0.2, 0.25) is 0 Å². The monoisotopic (exact) mass is 293 g/mol. The molecule has 0 spiro atoms. The Hall–Kier alpha value is -0.530. The van der Waals surface area contributed by atoms with Crippen LogP contribution in [0, 0.1) is 0 Å². The minimum atomic E-state index is 0.245. The molecule has 20 heavy (non-hydrogen) atoms. The molecule has 0 aliphatic carbocycles. The van der Waals surface area contributed by atoms with Crippen molar-refractivity contribution >= 4 is 11.6 Å². The summed E-state index contributed by atoms with van der Waals surface area (Å²) in [5, 5.41) is 0. The van der Waals surface area contributed by atoms with E-state index >= 15 is 0 Å². The van der Waals surface area contributed by atoms with Gasteiger partial charge in [0, 0.05) is 18.5 Å². The molecule has 0 saturated carbocycles. The van der Waals surface area contributed by atoms with E-state index in [0.717, 1.165) is 24.9 Å². The first-order chi connectivity index (χ1) is 9.50. The number of alkyl halides is 1. The van der Waals surface area contributed by atoms with Crippen molar-refractivity contribution in [3.05, 3.63) is 35.4 Å². The van der Waals surface area contributed by atoms with Crippen LogP contribution in [0.3, 0.4) is 0 Å². The number of benzene rings is 1. The van der Waals surface area contributed by atoms with Gasteiger partial charge in [0.25, 0.3) is 0 Å². The second kappa shape index (κ2) is 6.95. The molecular weight excluding hydrogens is 266 g/mol. The SMILES string of the molecule is CC(C)(C)c1ccc(CN2CCCC2CCCCl)cc1. The van der Waals surface area contributed by atoms with Gasteiger partial charge in [-0.3, -0.25) is 4.90 Å². The lowest BCUT2D eigenvalue weighted by Gasteiger charge is -2.25. The fraction of sp³-hybridized carbons (Fsp3) is 0.667. The summed E-state index contributed by atoms with van der Waals surface area (Å²) < 4.78 is 0. The fourth-order valence-electron chi connectivity index (χ4n) is 3.09. The summed E-state index contributed by atoms with van der Waals surface area (Å²) in [6.07, 6.45) is 5.08. The van der Waals surface area contributed by atoms with E-state index in [4.69, 9.17) is 11.6 Å². The van der Waals surface area contributed by atoms with Crippen molar-refractivity contribution < 1.29 is 0 Å². The van der Waals surface area contributed by atoms with Gasteiger partial charge >= 0.3 is 0 Å². The van der Waals surface area contributed by atoms with Crippen molar-refractivity contribution in [2.24, 2.45) is 0 Å². The van der Waals surface area contributed by atoms with E-state index < -0.39 is 0 Å². The van der Waals surface area contributed by atoms with Crippen LogP contribution in [-0.2, 0) is 12.0 Å². The van der Waals surface area contributed by atoms with Gasteiger partial charge in [-0.1, -0.05) is 45.0 Å². The van der Waals surface area contributed by atoms with Crippen LogP contribution in [0.5, 0.6) is 0 Å². The topological polar surface area (TPSA) is 3.24 Å². The molecule has 1 aromatic carbocycles. The van der Waals surface area contributed by atoms with Crippen molar-refractivity contribution in [2.45, 2.75) is 64.5 Å². The standard InChI is InChI=1S/C18H28ClN/c1-18(2,3)16-10-8-15(9-11-16)14-20-13-5-7-17(20)6-4-12-19/h8-11,17H,4-7,12-14H2,1-3H3. The van der Waals surface area contributed by atoms with E-state index in [2.05, 4.69) is 49.9 Å². The van der Waals surface area contributed by atoms with Crippen molar-refractivity contribution in [3.8, 4) is 0 Å². The van der Waals surface area contributed by atoms with Gasteiger partial charge in [-0.25, -0.2) is 0 Å². The summed E-state index contributed by atoms with van der Waals surface area (Å²) in [5.74, 6) is 0.796. The van der Waals surface area contributed by atoms with Crippen LogP contribution in [-0.4, -0.2) is 23.4 Å². The zero-order valence-electron chi connectivity index (χ0n) is 13.2. The first-order valence-electron chi connectivity index (χ1n) is 7.90. The molecule has 1 heterocycles. The van der Waals surface area contributed by atoms with Crippen molar-refractivity contribution in [1.29, 1.82) is 0 Å². The van der Waals surface area contributed by atoms with Crippen LogP contribution in [0.2, 0.25) is 0 Å². The lowest BCUT2D eigenvalue weighted by Crippen LogP contribution is -2.29. The van der Waals surface area contributed by atoms with Crippen LogP contribution in [0.4, 0.5) is 0 Å². The zero-order chi connectivity index (χ0) is 14.6. The second-order valence-corrected chi connectivity index (χ2v) is 7.42. The summed E-state index contributed by atoms with van der Waals surface area (Å²) in [6.45, 7) is 9.14. The van der Waals surface area contributed by atoms with Crippen molar-refractivity contribution in [2.75, 3.05) is 12.4 Å². The largest absolute Gasteiger partial charge is 0.296 e. The van der Waals surface area contributed by atoms with E-state index in [9.17, 15) is 0 Å². The Kier molecular flexibility index (Phi) is 5.51. The van der Waals surface area contributed by atoms with Crippen LogP contribution in [0.25, 0.3) is 0 Å². The molecular formula is C18H28ClN. The average molecular weight is 294 g/mol. The lowest BCUT2D eigenvalue weighted by molar-refractivity contribution is 0.233. The molecule has 0 radical (unpaired) electrons. The highest BCUT2D eigenvalue weighted by atomic mass is 35.5. The van der Waals surface area contributed by atoms with Crippen LogP contribution in [0.15, 0.2) is 24.3 Å². The normalized spacial score (nSPS) is 20.5. The molecule has 1 atom stereocenters. The molecule has 1 aromatic rings. The van der Waals surface area contributed by atoms with Gasteiger partial charge in [0.05, 0.1) is 0 Å². The molecule has 1 saturated heterocycles. The summed E-state index contributed by atoms with van der Waals surface area (Å²) in [4.78, 5) is 2.64. The lowest BCUT2D eigenvalue weighted by atomic mass is 9.87. The minimum absolute atomic E-state index is 0.245. The van der Waals surface area contributed by atoms with Gasteiger partial charge in [-0.15, -0.1) is 11.6 Å². The van der Waals surface area contributed by atoms with Crippen LogP contribution in [0.1, 0.15) is 57.6 Å². The highest BCUT2D eigenvalue weighted by molar-refractivity contribution is 6.17. The molecule has 2 rings (SSSR count). The maximum atomic E-state index is 5.83. The molecule has 112 valence electrons. The van der Waals surface area contributed by atoms with E-state index in [1.54, 1.807) is 0 Å². The molecule has 0 N–H and O–H groups in total. The Labute approximate surface area is 129 Å². The minimum Gasteiger partial charge on any atom is -0.296 e. The summed E-state index contributed by atoms with van der Waals surface area (Å²) in [7, 11) is 0. The molecule has 1 unspecified atom stereocenters. The summed E-state index contributed by atoms with van der Waals surface area (Å²) >= 11 is 5.83. The third-order valence-electron chi connectivity index (χ3n) is 4.38. The number of hydrogen-bond donors (Lipinski definition) is 0. The van der Waals surface area contributed by atoms with Gasteiger partial charge in [-0.2, -0.15) is 0 Å². The van der Waals surface area contributed by atoms with E-state index in [-0.39, 0.29) is 5.41 Å². The second-order valence-electron chi connectivity index (χ2n) is 7.04. The highest BCUT2D eigenvalue weighted by Crippen LogP contribution is 2.26. The molecule has 1 fully saturated rings. The van der Waals surface area contributed by atoms with Crippen LogP contribution < -0.4 is 0 Å². The number of halogens is 1. The first kappa shape index (κ1) is 15.9. The maximum Gasteiger partial charge on any atom is 0.0236 e. The predicted octanol–water partition coefficient (Wildman–Crippen LogP) is 4.97. The van der Waals surface area contributed by atoms with Crippen molar-refractivity contribution in [1.82, 2.24) is 4.90 Å². The predicted molar refractivity (Wildman–Crippen MR) is 88.5 cm³/mol. The number of hydrogen-bond acceptors (Lipinski definition) is 1. The van der Waals surface area contributed by atoms with E-state index in [0.29, 0.717) is 0 Å². The Bertz CT molecular complexity index is 404. The Balaban J connectivity index is 1.95. The van der Waals surface area contributed by atoms with E-state index in [1.165, 1.54) is 36.9 Å². The van der Waals surface area contributed by atoms with Gasteiger partial charge in [0.1, 0.15) is 0 Å². The highest BCUT2D eigenvalue weighted by Gasteiger charge is 2.23. The molecule has 1 aliphatic heterocycles. The van der Waals surface area contributed by atoms with Gasteiger partial charge in [-0.05, 0) is 48.8 Å². The molecule has 1 nitrogen and oxygen atoms in total. The molecule has 0 aromatic heterocycles. The first-order valence-corrected chi connectivity index (χ1v) is 8.43. The molecule has 0 amide bonds. The average Bonchev–Trinajstić information content (AvgIpc) is 2.83. The third kappa shape index (κ3) is 4.23. The Morgan fingerprint density at radius 3 is 2.50 bits per heavy atom.